The molecule has 1 unspecified atom stereocenters. The maximum absolute atomic E-state index is 9.61. The van der Waals surface area contributed by atoms with Crippen molar-refractivity contribution in [3.05, 3.63) is 12.4 Å². The molecular weight excluding hydrogens is 228 g/mol. The third-order valence-electron chi connectivity index (χ3n) is 1.92. The molecule has 1 rings (SSSR count). The molecule has 1 heterocycles. The SMILES string of the molecule is COCCOCC(O)CSc1nccn1C. The highest BCUT2D eigenvalue weighted by atomic mass is 32.2. The topological polar surface area (TPSA) is 56.5 Å². The molecule has 16 heavy (non-hydrogen) atoms. The van der Waals surface area contributed by atoms with Crippen LogP contribution in [0.15, 0.2) is 17.6 Å². The van der Waals surface area contributed by atoms with Crippen molar-refractivity contribution in [3.63, 3.8) is 0 Å². The second-order valence-corrected chi connectivity index (χ2v) is 4.34. The Kier molecular flexibility index (Phi) is 6.47. The summed E-state index contributed by atoms with van der Waals surface area (Å²) in [4.78, 5) is 4.15. The van der Waals surface area contributed by atoms with E-state index in [4.69, 9.17) is 9.47 Å². The number of aliphatic hydroxyl groups is 1. The molecule has 0 saturated carbocycles. The van der Waals surface area contributed by atoms with Crippen molar-refractivity contribution in [2.24, 2.45) is 7.05 Å². The first-order valence-electron chi connectivity index (χ1n) is 5.09. The fourth-order valence-electron chi connectivity index (χ4n) is 1.07. The van der Waals surface area contributed by atoms with Gasteiger partial charge in [-0.3, -0.25) is 0 Å². The summed E-state index contributed by atoms with van der Waals surface area (Å²) in [5.41, 5.74) is 0. The van der Waals surface area contributed by atoms with Gasteiger partial charge in [-0.2, -0.15) is 0 Å². The molecule has 0 radical (unpaired) electrons. The minimum atomic E-state index is -0.474. The van der Waals surface area contributed by atoms with Gasteiger partial charge in [0, 0.05) is 32.3 Å². The Bertz CT molecular complexity index is 293. The van der Waals surface area contributed by atoms with E-state index in [-0.39, 0.29) is 0 Å². The molecule has 0 aliphatic rings. The van der Waals surface area contributed by atoms with E-state index in [9.17, 15) is 5.11 Å². The first-order chi connectivity index (χ1) is 7.74. The molecule has 0 aliphatic heterocycles. The van der Waals surface area contributed by atoms with Crippen LogP contribution in [0.4, 0.5) is 0 Å². The Labute approximate surface area is 99.8 Å². The molecule has 0 aliphatic carbocycles. The summed E-state index contributed by atoms with van der Waals surface area (Å²) in [6, 6.07) is 0. The lowest BCUT2D eigenvalue weighted by Gasteiger charge is -2.10. The van der Waals surface area contributed by atoms with E-state index in [0.717, 1.165) is 5.16 Å². The maximum atomic E-state index is 9.61. The van der Waals surface area contributed by atoms with Gasteiger partial charge >= 0.3 is 0 Å². The van der Waals surface area contributed by atoms with E-state index >= 15 is 0 Å². The number of hydrogen-bond donors (Lipinski definition) is 1. The van der Waals surface area contributed by atoms with Gasteiger partial charge in [-0.05, 0) is 0 Å². The zero-order chi connectivity index (χ0) is 11.8. The minimum Gasteiger partial charge on any atom is -0.390 e. The molecule has 1 N–H and O–H groups in total. The first kappa shape index (κ1) is 13.5. The summed E-state index contributed by atoms with van der Waals surface area (Å²) < 4.78 is 12.0. The number of aliphatic hydroxyl groups excluding tert-OH is 1. The molecule has 1 aromatic heterocycles. The lowest BCUT2D eigenvalue weighted by atomic mass is 10.4. The molecule has 0 saturated heterocycles. The molecule has 1 aromatic rings. The predicted octanol–water partition coefficient (Wildman–Crippen LogP) is 0.536. The van der Waals surface area contributed by atoms with Gasteiger partial charge in [-0.1, -0.05) is 11.8 Å². The van der Waals surface area contributed by atoms with Crippen molar-refractivity contribution >= 4 is 11.8 Å². The number of nitrogens with zero attached hydrogens (tertiary/aromatic N) is 2. The number of imidazole rings is 1. The number of thioether (sulfide) groups is 1. The normalized spacial score (nSPS) is 12.9. The van der Waals surface area contributed by atoms with E-state index in [1.807, 2.05) is 17.8 Å². The van der Waals surface area contributed by atoms with E-state index in [1.165, 1.54) is 11.8 Å². The number of aromatic nitrogens is 2. The number of aryl methyl sites for hydroxylation is 1. The lowest BCUT2D eigenvalue weighted by Crippen LogP contribution is -2.19. The highest BCUT2D eigenvalue weighted by molar-refractivity contribution is 7.99. The van der Waals surface area contributed by atoms with Crippen LogP contribution < -0.4 is 0 Å². The van der Waals surface area contributed by atoms with Gasteiger partial charge in [0.05, 0.1) is 25.9 Å². The Morgan fingerprint density at radius 1 is 1.56 bits per heavy atom. The maximum Gasteiger partial charge on any atom is 0.167 e. The summed E-state index contributed by atoms with van der Waals surface area (Å²) in [5, 5.41) is 10.5. The van der Waals surface area contributed by atoms with Gasteiger partial charge in [0.2, 0.25) is 0 Å². The van der Waals surface area contributed by atoms with Crippen LogP contribution in [0.2, 0.25) is 0 Å². The van der Waals surface area contributed by atoms with Crippen LogP contribution in [0.25, 0.3) is 0 Å². The molecule has 5 nitrogen and oxygen atoms in total. The molecule has 0 aromatic carbocycles. The van der Waals surface area contributed by atoms with Crippen molar-refractivity contribution in [2.75, 3.05) is 32.7 Å². The van der Waals surface area contributed by atoms with Crippen LogP contribution in [0.5, 0.6) is 0 Å². The predicted molar refractivity (Wildman–Crippen MR) is 62.6 cm³/mol. The van der Waals surface area contributed by atoms with Crippen molar-refractivity contribution in [1.29, 1.82) is 0 Å². The highest BCUT2D eigenvalue weighted by Crippen LogP contribution is 2.15. The zero-order valence-electron chi connectivity index (χ0n) is 9.63. The second kappa shape index (κ2) is 7.67. The van der Waals surface area contributed by atoms with Crippen LogP contribution in [0, 0.1) is 0 Å². The molecule has 92 valence electrons. The number of rotatable bonds is 8. The average Bonchev–Trinajstić information content (AvgIpc) is 2.67. The Morgan fingerprint density at radius 2 is 2.38 bits per heavy atom. The van der Waals surface area contributed by atoms with Crippen molar-refractivity contribution in [3.8, 4) is 0 Å². The molecule has 0 spiro atoms. The molecule has 0 bridgehead atoms. The number of ether oxygens (including phenoxy) is 2. The smallest absolute Gasteiger partial charge is 0.167 e. The fraction of sp³-hybridized carbons (Fsp3) is 0.700. The molecule has 1 atom stereocenters. The zero-order valence-corrected chi connectivity index (χ0v) is 10.4. The Balaban J connectivity index is 2.10. The van der Waals surface area contributed by atoms with Gasteiger partial charge < -0.3 is 19.1 Å². The van der Waals surface area contributed by atoms with E-state index in [0.29, 0.717) is 25.6 Å². The third-order valence-corrected chi connectivity index (χ3v) is 3.13. The quantitative estimate of drug-likeness (QED) is 0.536. The fourth-order valence-corrected chi connectivity index (χ4v) is 1.91. The van der Waals surface area contributed by atoms with Gasteiger partial charge in [-0.15, -0.1) is 0 Å². The Hall–Kier alpha value is -0.560. The van der Waals surface area contributed by atoms with E-state index < -0.39 is 6.10 Å². The van der Waals surface area contributed by atoms with Crippen molar-refractivity contribution in [1.82, 2.24) is 9.55 Å². The standard InChI is InChI=1S/C10H18N2O3S/c1-12-4-3-11-10(12)16-8-9(13)7-15-6-5-14-2/h3-4,9,13H,5-8H2,1-2H3. The molecule has 6 heteroatoms. The summed E-state index contributed by atoms with van der Waals surface area (Å²) in [7, 11) is 3.55. The van der Waals surface area contributed by atoms with Crippen LogP contribution in [-0.2, 0) is 16.5 Å². The summed E-state index contributed by atoms with van der Waals surface area (Å²) >= 11 is 1.52. The second-order valence-electron chi connectivity index (χ2n) is 3.35. The van der Waals surface area contributed by atoms with Gasteiger partial charge in [-0.25, -0.2) is 4.98 Å². The number of hydrogen-bond acceptors (Lipinski definition) is 5. The highest BCUT2D eigenvalue weighted by Gasteiger charge is 2.07. The van der Waals surface area contributed by atoms with Gasteiger partial charge in [0.1, 0.15) is 0 Å². The Morgan fingerprint density at radius 3 is 3.00 bits per heavy atom. The average molecular weight is 246 g/mol. The molecular formula is C10H18N2O3S. The number of methoxy groups -OCH3 is 1. The third kappa shape index (κ3) is 4.98. The minimum absolute atomic E-state index is 0.334. The van der Waals surface area contributed by atoms with Crippen molar-refractivity contribution in [2.45, 2.75) is 11.3 Å². The van der Waals surface area contributed by atoms with Crippen molar-refractivity contribution < 1.29 is 14.6 Å². The monoisotopic (exact) mass is 246 g/mol. The summed E-state index contributed by atoms with van der Waals surface area (Å²) in [6.07, 6.45) is 3.15. The van der Waals surface area contributed by atoms with Crippen LogP contribution in [0.1, 0.15) is 0 Å². The summed E-state index contributed by atoms with van der Waals surface area (Å²) in [5.74, 6) is 0.581. The largest absolute Gasteiger partial charge is 0.390 e. The van der Waals surface area contributed by atoms with E-state index in [1.54, 1.807) is 13.3 Å². The van der Waals surface area contributed by atoms with Gasteiger partial charge in [0.15, 0.2) is 5.16 Å². The van der Waals surface area contributed by atoms with Crippen LogP contribution >= 0.6 is 11.8 Å². The van der Waals surface area contributed by atoms with Crippen LogP contribution in [-0.4, -0.2) is 53.4 Å². The molecule has 0 fully saturated rings. The summed E-state index contributed by atoms with van der Waals surface area (Å²) in [6.45, 7) is 1.40. The molecule has 0 amide bonds. The van der Waals surface area contributed by atoms with Gasteiger partial charge in [0.25, 0.3) is 0 Å². The van der Waals surface area contributed by atoms with E-state index in [2.05, 4.69) is 4.98 Å². The lowest BCUT2D eigenvalue weighted by molar-refractivity contribution is 0.0218. The first-order valence-corrected chi connectivity index (χ1v) is 6.07. The van der Waals surface area contributed by atoms with Crippen LogP contribution in [0.3, 0.4) is 0 Å².